The van der Waals surface area contributed by atoms with Crippen LogP contribution in [0.1, 0.15) is 30.6 Å². The van der Waals surface area contributed by atoms with Crippen molar-refractivity contribution in [1.29, 1.82) is 0 Å². The Kier molecular flexibility index (Phi) is 5.48. The number of nitrogens with zero attached hydrogens (tertiary/aromatic N) is 1. The topological polar surface area (TPSA) is 24.9 Å². The van der Waals surface area contributed by atoms with Gasteiger partial charge in [-0.25, -0.2) is 9.37 Å². The van der Waals surface area contributed by atoms with E-state index in [0.717, 1.165) is 30.6 Å². The van der Waals surface area contributed by atoms with Gasteiger partial charge in [0.25, 0.3) is 0 Å². The highest BCUT2D eigenvalue weighted by Gasteiger charge is 2.14. The number of thiazole rings is 1. The summed E-state index contributed by atoms with van der Waals surface area (Å²) < 4.78 is 13.8. The first-order valence-electron chi connectivity index (χ1n) is 6.26. The highest BCUT2D eigenvalue weighted by atomic mass is 79.9. The summed E-state index contributed by atoms with van der Waals surface area (Å²) in [6, 6.07) is 5.34. The maximum Gasteiger partial charge on any atom is 0.137 e. The molecule has 0 aliphatic carbocycles. The van der Waals surface area contributed by atoms with Gasteiger partial charge in [0.1, 0.15) is 5.82 Å². The SMILES string of the molecule is CCCNC(Cc1ccc(F)c(Br)c1)c1cscn1. The van der Waals surface area contributed by atoms with Crippen molar-refractivity contribution in [1.82, 2.24) is 10.3 Å². The summed E-state index contributed by atoms with van der Waals surface area (Å²) >= 11 is 4.83. The Morgan fingerprint density at radius 2 is 2.32 bits per heavy atom. The molecule has 102 valence electrons. The van der Waals surface area contributed by atoms with Crippen molar-refractivity contribution in [3.63, 3.8) is 0 Å². The third kappa shape index (κ3) is 4.09. The van der Waals surface area contributed by atoms with Gasteiger partial charge in [-0.05, 0) is 53.0 Å². The average Bonchev–Trinajstić information content (AvgIpc) is 2.92. The van der Waals surface area contributed by atoms with E-state index in [9.17, 15) is 4.39 Å². The Hall–Kier alpha value is -0.780. The molecule has 2 rings (SSSR count). The van der Waals surface area contributed by atoms with Crippen molar-refractivity contribution in [2.45, 2.75) is 25.8 Å². The van der Waals surface area contributed by atoms with E-state index in [0.29, 0.717) is 4.47 Å². The monoisotopic (exact) mass is 342 g/mol. The van der Waals surface area contributed by atoms with Crippen LogP contribution in [0.5, 0.6) is 0 Å². The molecule has 0 saturated carbocycles. The molecule has 1 N–H and O–H groups in total. The fourth-order valence-electron chi connectivity index (χ4n) is 1.90. The molecule has 0 aliphatic heterocycles. The maximum absolute atomic E-state index is 13.2. The Morgan fingerprint density at radius 3 is 2.95 bits per heavy atom. The molecule has 1 heterocycles. The number of hydrogen-bond donors (Lipinski definition) is 1. The molecule has 5 heteroatoms. The van der Waals surface area contributed by atoms with Crippen molar-refractivity contribution in [2.75, 3.05) is 6.54 Å². The van der Waals surface area contributed by atoms with Gasteiger partial charge in [-0.3, -0.25) is 0 Å². The van der Waals surface area contributed by atoms with Crippen LogP contribution in [-0.2, 0) is 6.42 Å². The molecule has 0 radical (unpaired) electrons. The van der Waals surface area contributed by atoms with Crippen LogP contribution in [0.4, 0.5) is 4.39 Å². The second-order valence-corrected chi connectivity index (χ2v) is 5.95. The summed E-state index contributed by atoms with van der Waals surface area (Å²) in [5.41, 5.74) is 3.99. The molecule has 0 saturated heterocycles. The third-order valence-corrected chi connectivity index (χ3v) is 4.09. The lowest BCUT2D eigenvalue weighted by molar-refractivity contribution is 0.519. The molecule has 1 aromatic heterocycles. The predicted octanol–water partition coefficient (Wildman–Crippen LogP) is 4.33. The minimum Gasteiger partial charge on any atom is -0.308 e. The van der Waals surface area contributed by atoms with Crippen LogP contribution in [0.2, 0.25) is 0 Å². The minimum atomic E-state index is -0.226. The number of rotatable bonds is 6. The zero-order chi connectivity index (χ0) is 13.7. The van der Waals surface area contributed by atoms with Gasteiger partial charge < -0.3 is 5.32 Å². The highest BCUT2D eigenvalue weighted by molar-refractivity contribution is 9.10. The highest BCUT2D eigenvalue weighted by Crippen LogP contribution is 2.22. The Labute approximate surface area is 125 Å². The van der Waals surface area contributed by atoms with E-state index in [-0.39, 0.29) is 11.9 Å². The fourth-order valence-corrected chi connectivity index (χ4v) is 2.93. The zero-order valence-electron chi connectivity index (χ0n) is 10.7. The van der Waals surface area contributed by atoms with Crippen molar-refractivity contribution in [3.8, 4) is 0 Å². The molecule has 2 aromatic rings. The largest absolute Gasteiger partial charge is 0.308 e. The Morgan fingerprint density at radius 1 is 1.47 bits per heavy atom. The lowest BCUT2D eigenvalue weighted by Crippen LogP contribution is -2.24. The minimum absolute atomic E-state index is 0.184. The first-order valence-corrected chi connectivity index (χ1v) is 7.99. The van der Waals surface area contributed by atoms with Gasteiger partial charge in [-0.2, -0.15) is 0 Å². The molecule has 0 amide bonds. The predicted molar refractivity (Wildman–Crippen MR) is 81.0 cm³/mol. The number of nitrogens with one attached hydrogen (secondary N) is 1. The molecule has 1 aromatic carbocycles. The smallest absolute Gasteiger partial charge is 0.137 e. The standard InChI is InChI=1S/C14H16BrFN2S/c1-2-5-17-13(14-8-19-9-18-14)7-10-3-4-12(16)11(15)6-10/h3-4,6,8-9,13,17H,2,5,7H2,1H3. The molecule has 0 aliphatic rings. The van der Waals surface area contributed by atoms with E-state index < -0.39 is 0 Å². The number of benzene rings is 1. The van der Waals surface area contributed by atoms with Crippen LogP contribution in [0, 0.1) is 5.82 Å². The van der Waals surface area contributed by atoms with Crippen molar-refractivity contribution in [3.05, 3.63) is 50.6 Å². The molecule has 1 atom stereocenters. The molecule has 0 spiro atoms. The second-order valence-electron chi connectivity index (χ2n) is 4.37. The quantitative estimate of drug-likeness (QED) is 0.845. The van der Waals surface area contributed by atoms with Gasteiger partial charge in [0.05, 0.1) is 21.7 Å². The van der Waals surface area contributed by atoms with Gasteiger partial charge in [0.2, 0.25) is 0 Å². The maximum atomic E-state index is 13.2. The van der Waals surface area contributed by atoms with E-state index in [1.54, 1.807) is 11.3 Å². The van der Waals surface area contributed by atoms with Gasteiger partial charge >= 0.3 is 0 Å². The lowest BCUT2D eigenvalue weighted by atomic mass is 10.0. The van der Waals surface area contributed by atoms with Gasteiger partial charge in [-0.15, -0.1) is 11.3 Å². The van der Waals surface area contributed by atoms with E-state index >= 15 is 0 Å². The van der Waals surface area contributed by atoms with Gasteiger partial charge in [0.15, 0.2) is 0 Å². The van der Waals surface area contributed by atoms with Crippen LogP contribution in [0.25, 0.3) is 0 Å². The normalized spacial score (nSPS) is 12.6. The summed E-state index contributed by atoms with van der Waals surface area (Å²) in [4.78, 5) is 4.38. The zero-order valence-corrected chi connectivity index (χ0v) is 13.1. The van der Waals surface area contributed by atoms with E-state index in [1.165, 1.54) is 6.07 Å². The van der Waals surface area contributed by atoms with Crippen molar-refractivity contribution < 1.29 is 4.39 Å². The van der Waals surface area contributed by atoms with Gasteiger partial charge in [0, 0.05) is 5.38 Å². The molecular formula is C14H16BrFN2S. The van der Waals surface area contributed by atoms with Crippen LogP contribution < -0.4 is 5.32 Å². The molecule has 0 fully saturated rings. The Balaban J connectivity index is 2.13. The first-order chi connectivity index (χ1) is 9.20. The summed E-state index contributed by atoms with van der Waals surface area (Å²) in [7, 11) is 0. The second kappa shape index (κ2) is 7.12. The van der Waals surface area contributed by atoms with Crippen LogP contribution in [0.15, 0.2) is 33.6 Å². The van der Waals surface area contributed by atoms with Gasteiger partial charge in [-0.1, -0.05) is 13.0 Å². The van der Waals surface area contributed by atoms with Crippen LogP contribution >= 0.6 is 27.3 Å². The van der Waals surface area contributed by atoms with Crippen molar-refractivity contribution in [2.24, 2.45) is 0 Å². The lowest BCUT2D eigenvalue weighted by Gasteiger charge is -2.17. The Bertz CT molecular complexity index is 516. The summed E-state index contributed by atoms with van der Waals surface area (Å²) in [5, 5.41) is 5.55. The number of aromatic nitrogens is 1. The first kappa shape index (κ1) is 14.6. The number of halogens is 2. The summed E-state index contributed by atoms with van der Waals surface area (Å²) in [6.45, 7) is 3.09. The van der Waals surface area contributed by atoms with E-state index in [1.807, 2.05) is 17.6 Å². The average molecular weight is 343 g/mol. The number of hydrogen-bond acceptors (Lipinski definition) is 3. The molecule has 1 unspecified atom stereocenters. The summed E-state index contributed by atoms with van der Waals surface area (Å²) in [5.74, 6) is -0.226. The molecule has 19 heavy (non-hydrogen) atoms. The van der Waals surface area contributed by atoms with Crippen LogP contribution in [0.3, 0.4) is 0 Å². The molecule has 2 nitrogen and oxygen atoms in total. The molecule has 0 bridgehead atoms. The van der Waals surface area contributed by atoms with Crippen molar-refractivity contribution >= 4 is 27.3 Å². The fraction of sp³-hybridized carbons (Fsp3) is 0.357. The van der Waals surface area contributed by atoms with E-state index in [4.69, 9.17) is 0 Å². The third-order valence-electron chi connectivity index (χ3n) is 2.87. The summed E-state index contributed by atoms with van der Waals surface area (Å²) in [6.07, 6.45) is 1.89. The van der Waals surface area contributed by atoms with Crippen LogP contribution in [-0.4, -0.2) is 11.5 Å². The van der Waals surface area contributed by atoms with E-state index in [2.05, 4.69) is 38.5 Å². The molecular weight excluding hydrogens is 327 g/mol.